The molecule has 4 N–H and O–H groups in total. The third kappa shape index (κ3) is 5.52. The van der Waals surface area contributed by atoms with Crippen molar-refractivity contribution in [2.75, 3.05) is 30.7 Å². The van der Waals surface area contributed by atoms with E-state index in [-0.39, 0.29) is 5.82 Å². The lowest BCUT2D eigenvalue weighted by molar-refractivity contribution is 0.445. The molecule has 6 nitrogen and oxygen atoms in total. The Kier molecular flexibility index (Phi) is 7.51. The molecular weight excluding hydrogens is 463 g/mol. The van der Waals surface area contributed by atoms with Crippen LogP contribution in [-0.2, 0) is 6.42 Å². The number of allylic oxidation sites excluding steroid dienone is 5. The van der Waals surface area contributed by atoms with Gasteiger partial charge in [-0.15, -0.1) is 0 Å². The minimum absolute atomic E-state index is 0.231. The average Bonchev–Trinajstić information content (AvgIpc) is 3.31. The quantitative estimate of drug-likeness (QED) is 0.342. The second-order valence-corrected chi connectivity index (χ2v) is 9.86. The van der Waals surface area contributed by atoms with Crippen LogP contribution in [0, 0.1) is 5.82 Å². The van der Waals surface area contributed by atoms with Crippen LogP contribution in [0.1, 0.15) is 55.6 Å². The molecular formula is C30H35FN6. The Morgan fingerprint density at radius 2 is 2.19 bits per heavy atom. The van der Waals surface area contributed by atoms with E-state index in [4.69, 9.17) is 10.7 Å². The Labute approximate surface area is 217 Å². The summed E-state index contributed by atoms with van der Waals surface area (Å²) in [6.45, 7) is 8.39. The zero-order valence-corrected chi connectivity index (χ0v) is 21.4. The summed E-state index contributed by atoms with van der Waals surface area (Å²) in [6, 6.07) is 5.18. The number of nitrogens with zero attached hydrogens (tertiary/aromatic N) is 3. The van der Waals surface area contributed by atoms with Gasteiger partial charge in [-0.1, -0.05) is 36.5 Å². The summed E-state index contributed by atoms with van der Waals surface area (Å²) in [5.74, 6) is 1.69. The average molecular weight is 499 g/mol. The number of benzene rings is 1. The summed E-state index contributed by atoms with van der Waals surface area (Å²) >= 11 is 0. The van der Waals surface area contributed by atoms with Crippen molar-refractivity contribution in [3.05, 3.63) is 95.5 Å². The van der Waals surface area contributed by atoms with Crippen LogP contribution in [0.2, 0.25) is 0 Å². The number of nitrogens with two attached hydrogens (primary N) is 1. The van der Waals surface area contributed by atoms with Crippen LogP contribution in [0.3, 0.4) is 0 Å². The smallest absolute Gasteiger partial charge is 0.150 e. The first-order valence-corrected chi connectivity index (χ1v) is 13.1. The van der Waals surface area contributed by atoms with E-state index >= 15 is 0 Å². The fourth-order valence-electron chi connectivity index (χ4n) is 5.31. The lowest BCUT2D eigenvalue weighted by atomic mass is 9.92. The zero-order chi connectivity index (χ0) is 25.8. The first kappa shape index (κ1) is 25.0. The van der Waals surface area contributed by atoms with E-state index in [0.29, 0.717) is 24.7 Å². The second-order valence-electron chi connectivity index (χ2n) is 9.86. The van der Waals surface area contributed by atoms with E-state index in [9.17, 15) is 4.39 Å². The first-order chi connectivity index (χ1) is 18.1. The summed E-state index contributed by atoms with van der Waals surface area (Å²) < 4.78 is 16.5. The van der Waals surface area contributed by atoms with Crippen LogP contribution in [0.25, 0.3) is 11.1 Å². The van der Waals surface area contributed by atoms with Crippen LogP contribution < -0.4 is 16.4 Å². The van der Waals surface area contributed by atoms with Gasteiger partial charge in [-0.3, -0.25) is 4.40 Å². The van der Waals surface area contributed by atoms with Gasteiger partial charge in [-0.05, 0) is 80.5 Å². The predicted molar refractivity (Wildman–Crippen MR) is 150 cm³/mol. The topological polar surface area (TPSA) is 80.3 Å². The van der Waals surface area contributed by atoms with Crippen LogP contribution in [-0.4, -0.2) is 34.0 Å². The van der Waals surface area contributed by atoms with Gasteiger partial charge in [0.05, 0.1) is 5.69 Å². The molecule has 1 unspecified atom stereocenters. The SMILES string of the molecule is C=C/C(=C\C)CNc1cc(F)cc(CC2=CC=C(c3nc(C4CCCNC4)n4ccnc(N)c34)CC2)c1. The lowest BCUT2D eigenvalue weighted by Gasteiger charge is -2.21. The van der Waals surface area contributed by atoms with Gasteiger partial charge in [0.15, 0.2) is 0 Å². The molecule has 1 aromatic carbocycles. The number of anilines is 2. The van der Waals surface area contributed by atoms with Gasteiger partial charge in [0, 0.05) is 37.1 Å². The van der Waals surface area contributed by atoms with Crippen LogP contribution >= 0.6 is 0 Å². The van der Waals surface area contributed by atoms with E-state index < -0.39 is 0 Å². The number of halogens is 1. The highest BCUT2D eigenvalue weighted by Gasteiger charge is 2.25. The predicted octanol–water partition coefficient (Wildman–Crippen LogP) is 5.81. The van der Waals surface area contributed by atoms with Gasteiger partial charge in [0.25, 0.3) is 0 Å². The van der Waals surface area contributed by atoms with E-state index in [1.165, 1.54) is 17.2 Å². The molecule has 1 saturated heterocycles. The summed E-state index contributed by atoms with van der Waals surface area (Å²) in [4.78, 5) is 9.47. The maximum atomic E-state index is 14.4. The molecule has 1 atom stereocenters. The van der Waals surface area contributed by atoms with Crippen LogP contribution in [0.15, 0.2) is 72.6 Å². The number of piperidine rings is 1. The molecule has 1 fully saturated rings. The summed E-state index contributed by atoms with van der Waals surface area (Å²) in [7, 11) is 0. The number of fused-ring (bicyclic) bond motifs is 1. The third-order valence-corrected chi connectivity index (χ3v) is 7.33. The molecule has 2 aliphatic rings. The van der Waals surface area contributed by atoms with Crippen LogP contribution in [0.5, 0.6) is 0 Å². The monoisotopic (exact) mass is 498 g/mol. The Morgan fingerprint density at radius 3 is 2.92 bits per heavy atom. The normalized spacial score (nSPS) is 18.4. The number of imidazole rings is 1. The van der Waals surface area contributed by atoms with Gasteiger partial charge >= 0.3 is 0 Å². The van der Waals surface area contributed by atoms with Crippen molar-refractivity contribution in [3.63, 3.8) is 0 Å². The number of nitrogen functional groups attached to an aromatic ring is 1. The van der Waals surface area contributed by atoms with Crippen molar-refractivity contribution >= 4 is 22.6 Å². The molecule has 3 heterocycles. The molecule has 0 spiro atoms. The zero-order valence-electron chi connectivity index (χ0n) is 21.4. The molecule has 7 heteroatoms. The number of aromatic nitrogens is 3. The number of hydrogen-bond acceptors (Lipinski definition) is 5. The first-order valence-electron chi connectivity index (χ1n) is 13.1. The van der Waals surface area contributed by atoms with Gasteiger partial charge in [0.1, 0.15) is 23.0 Å². The number of rotatable bonds is 8. The molecule has 3 aromatic rings. The van der Waals surface area contributed by atoms with Gasteiger partial charge in [0.2, 0.25) is 0 Å². The Balaban J connectivity index is 1.38. The highest BCUT2D eigenvalue weighted by Crippen LogP contribution is 2.35. The Hall–Kier alpha value is -3.71. The minimum Gasteiger partial charge on any atom is -0.382 e. The summed E-state index contributed by atoms with van der Waals surface area (Å²) in [6.07, 6.45) is 16.6. The lowest BCUT2D eigenvalue weighted by Crippen LogP contribution is -2.29. The highest BCUT2D eigenvalue weighted by atomic mass is 19.1. The van der Waals surface area contributed by atoms with Gasteiger partial charge in [-0.25, -0.2) is 14.4 Å². The maximum absolute atomic E-state index is 14.4. The second kappa shape index (κ2) is 11.1. The van der Waals surface area contributed by atoms with Gasteiger partial charge < -0.3 is 16.4 Å². The van der Waals surface area contributed by atoms with Gasteiger partial charge in [-0.2, -0.15) is 0 Å². The molecule has 0 saturated carbocycles. The molecule has 192 valence electrons. The van der Waals surface area contributed by atoms with Crippen molar-refractivity contribution in [1.29, 1.82) is 0 Å². The molecule has 0 amide bonds. The van der Waals surface area contributed by atoms with E-state index in [2.05, 4.69) is 38.7 Å². The summed E-state index contributed by atoms with van der Waals surface area (Å²) in [5.41, 5.74) is 13.4. The molecule has 0 bridgehead atoms. The van der Waals surface area contributed by atoms with Crippen molar-refractivity contribution in [2.45, 2.75) is 44.9 Å². The van der Waals surface area contributed by atoms with Crippen molar-refractivity contribution in [1.82, 2.24) is 19.7 Å². The van der Waals surface area contributed by atoms with Crippen LogP contribution in [0.4, 0.5) is 15.9 Å². The molecule has 1 aliphatic carbocycles. The maximum Gasteiger partial charge on any atom is 0.150 e. The Morgan fingerprint density at radius 1 is 1.30 bits per heavy atom. The van der Waals surface area contributed by atoms with E-state index in [0.717, 1.165) is 72.6 Å². The highest BCUT2D eigenvalue weighted by molar-refractivity contribution is 5.84. The molecule has 5 rings (SSSR count). The minimum atomic E-state index is -0.231. The molecule has 2 aromatic heterocycles. The van der Waals surface area contributed by atoms with Crippen molar-refractivity contribution in [3.8, 4) is 0 Å². The standard InChI is InChI=1S/C30H35FN6/c1-3-20(4-2)18-35-26-16-22(15-25(31)17-26)14-21-7-9-23(10-8-21)27-28-29(32)34-12-13-37(28)30(36-27)24-6-5-11-33-19-24/h3-4,7,9,12-13,15-17,24,33,35H,1,5-6,8,10-11,14,18-19H2,2H3,(H2,32,34)/b20-4+. The summed E-state index contributed by atoms with van der Waals surface area (Å²) in [5, 5.41) is 6.80. The molecule has 0 radical (unpaired) electrons. The number of nitrogens with one attached hydrogen (secondary N) is 2. The van der Waals surface area contributed by atoms with E-state index in [1.54, 1.807) is 12.3 Å². The molecule has 1 aliphatic heterocycles. The third-order valence-electron chi connectivity index (χ3n) is 7.33. The molecule has 37 heavy (non-hydrogen) atoms. The van der Waals surface area contributed by atoms with Crippen molar-refractivity contribution < 1.29 is 4.39 Å². The van der Waals surface area contributed by atoms with Crippen molar-refractivity contribution in [2.24, 2.45) is 0 Å². The Bertz CT molecular complexity index is 1390. The fraction of sp³-hybridized carbons (Fsp3) is 0.333. The van der Waals surface area contributed by atoms with E-state index in [1.807, 2.05) is 31.3 Å². The largest absolute Gasteiger partial charge is 0.382 e. The number of hydrogen-bond donors (Lipinski definition) is 3. The fourth-order valence-corrected chi connectivity index (χ4v) is 5.31.